The zero-order valence-electron chi connectivity index (χ0n) is 9.24. The van der Waals surface area contributed by atoms with Gasteiger partial charge in [-0.25, -0.2) is 0 Å². The van der Waals surface area contributed by atoms with Gasteiger partial charge in [-0.1, -0.05) is 29.3 Å². The van der Waals surface area contributed by atoms with Crippen LogP contribution < -0.4 is 5.32 Å². The molecule has 90 valence electrons. The van der Waals surface area contributed by atoms with Crippen LogP contribution in [0.1, 0.15) is 5.56 Å². The van der Waals surface area contributed by atoms with Crippen molar-refractivity contribution < 1.29 is 0 Å². The zero-order valence-corrected chi connectivity index (χ0v) is 10.7. The van der Waals surface area contributed by atoms with E-state index in [1.807, 2.05) is 35.1 Å². The second-order valence-electron chi connectivity index (χ2n) is 3.69. The van der Waals surface area contributed by atoms with E-state index in [4.69, 9.17) is 23.2 Å². The summed E-state index contributed by atoms with van der Waals surface area (Å²) in [5.41, 5.74) is 1.12. The number of aromatic nitrogens is 2. The van der Waals surface area contributed by atoms with E-state index in [2.05, 4.69) is 10.4 Å². The predicted molar refractivity (Wildman–Crippen MR) is 70.4 cm³/mol. The summed E-state index contributed by atoms with van der Waals surface area (Å²) in [5.74, 6) is 0. The molecule has 0 aliphatic carbocycles. The maximum Gasteiger partial charge on any atom is 0.0595 e. The van der Waals surface area contributed by atoms with Crippen LogP contribution >= 0.6 is 23.2 Å². The quantitative estimate of drug-likeness (QED) is 0.846. The molecule has 1 aromatic heterocycles. The minimum Gasteiger partial charge on any atom is -0.311 e. The molecule has 17 heavy (non-hydrogen) atoms. The van der Waals surface area contributed by atoms with Gasteiger partial charge in [-0.2, -0.15) is 5.10 Å². The number of nitrogens with zero attached hydrogens (tertiary/aromatic N) is 2. The van der Waals surface area contributed by atoms with Crippen molar-refractivity contribution in [2.45, 2.75) is 13.1 Å². The van der Waals surface area contributed by atoms with Crippen LogP contribution in [-0.2, 0) is 13.1 Å². The highest BCUT2D eigenvalue weighted by Gasteiger charge is 1.99. The number of rotatable bonds is 5. The number of benzene rings is 1. The molecule has 0 fully saturated rings. The number of nitrogens with one attached hydrogen (secondary N) is 1. The molecule has 3 nitrogen and oxygen atoms in total. The summed E-state index contributed by atoms with van der Waals surface area (Å²) in [4.78, 5) is 0. The van der Waals surface area contributed by atoms with E-state index < -0.39 is 0 Å². The van der Waals surface area contributed by atoms with Gasteiger partial charge in [0.05, 0.1) is 16.6 Å². The second kappa shape index (κ2) is 6.05. The Kier molecular flexibility index (Phi) is 4.42. The number of hydrogen-bond donors (Lipinski definition) is 1. The molecule has 2 aromatic rings. The molecule has 0 spiro atoms. The third-order valence-corrected chi connectivity index (χ3v) is 3.13. The van der Waals surface area contributed by atoms with Crippen LogP contribution in [0.3, 0.4) is 0 Å². The van der Waals surface area contributed by atoms with Gasteiger partial charge in [-0.3, -0.25) is 4.68 Å². The van der Waals surface area contributed by atoms with E-state index in [0.29, 0.717) is 10.0 Å². The second-order valence-corrected chi connectivity index (χ2v) is 4.51. The van der Waals surface area contributed by atoms with Gasteiger partial charge in [-0.05, 0) is 23.8 Å². The fraction of sp³-hybridized carbons (Fsp3) is 0.250. The largest absolute Gasteiger partial charge is 0.311 e. The Balaban J connectivity index is 1.76. The lowest BCUT2D eigenvalue weighted by molar-refractivity contribution is 0.555. The van der Waals surface area contributed by atoms with Gasteiger partial charge in [-0.15, -0.1) is 0 Å². The van der Waals surface area contributed by atoms with Crippen molar-refractivity contribution in [3.63, 3.8) is 0 Å². The molecular formula is C12H13Cl2N3. The Hall–Kier alpha value is -1.03. The molecule has 1 N–H and O–H groups in total. The van der Waals surface area contributed by atoms with Crippen molar-refractivity contribution >= 4 is 23.2 Å². The maximum atomic E-state index is 5.93. The van der Waals surface area contributed by atoms with Crippen LogP contribution in [0.4, 0.5) is 0 Å². The molecule has 0 saturated carbocycles. The molecule has 0 aliphatic rings. The molecule has 2 rings (SSSR count). The molecule has 5 heteroatoms. The van der Waals surface area contributed by atoms with Crippen LogP contribution in [0.15, 0.2) is 36.7 Å². The van der Waals surface area contributed by atoms with E-state index in [9.17, 15) is 0 Å². The third-order valence-electron chi connectivity index (χ3n) is 2.39. The highest BCUT2D eigenvalue weighted by atomic mass is 35.5. The van der Waals surface area contributed by atoms with Crippen molar-refractivity contribution in [3.05, 3.63) is 52.3 Å². The van der Waals surface area contributed by atoms with Gasteiger partial charge in [0.25, 0.3) is 0 Å². The van der Waals surface area contributed by atoms with Crippen LogP contribution in [0.5, 0.6) is 0 Å². The summed E-state index contributed by atoms with van der Waals surface area (Å²) < 4.78 is 1.89. The van der Waals surface area contributed by atoms with Crippen molar-refractivity contribution in [2.24, 2.45) is 0 Å². The molecule has 0 amide bonds. The van der Waals surface area contributed by atoms with Gasteiger partial charge >= 0.3 is 0 Å². The summed E-state index contributed by atoms with van der Waals surface area (Å²) in [6.45, 7) is 2.49. The summed E-state index contributed by atoms with van der Waals surface area (Å²) in [5, 5.41) is 8.63. The Bertz CT molecular complexity index is 469. The van der Waals surface area contributed by atoms with Crippen LogP contribution in [0.25, 0.3) is 0 Å². The average Bonchev–Trinajstić information content (AvgIpc) is 2.82. The van der Waals surface area contributed by atoms with Gasteiger partial charge in [0.15, 0.2) is 0 Å². The molecule has 0 bridgehead atoms. The fourth-order valence-corrected chi connectivity index (χ4v) is 1.83. The van der Waals surface area contributed by atoms with Gasteiger partial charge in [0.2, 0.25) is 0 Å². The lowest BCUT2D eigenvalue weighted by atomic mass is 10.2. The molecule has 1 heterocycles. The van der Waals surface area contributed by atoms with Crippen molar-refractivity contribution in [2.75, 3.05) is 6.54 Å². The fourth-order valence-electron chi connectivity index (χ4n) is 1.51. The van der Waals surface area contributed by atoms with Gasteiger partial charge < -0.3 is 5.32 Å². The highest BCUT2D eigenvalue weighted by molar-refractivity contribution is 6.42. The van der Waals surface area contributed by atoms with E-state index in [1.54, 1.807) is 6.20 Å². The van der Waals surface area contributed by atoms with Crippen LogP contribution in [0, 0.1) is 0 Å². The molecular weight excluding hydrogens is 257 g/mol. The van der Waals surface area contributed by atoms with Crippen molar-refractivity contribution in [1.82, 2.24) is 15.1 Å². The third kappa shape index (κ3) is 3.73. The van der Waals surface area contributed by atoms with Crippen molar-refractivity contribution in [1.29, 1.82) is 0 Å². The van der Waals surface area contributed by atoms with Gasteiger partial charge in [0, 0.05) is 25.5 Å². The molecule has 1 aromatic carbocycles. The smallest absolute Gasteiger partial charge is 0.0595 e. The Morgan fingerprint density at radius 3 is 2.82 bits per heavy atom. The Labute approximate surface area is 110 Å². The first-order valence-corrected chi connectivity index (χ1v) is 6.13. The van der Waals surface area contributed by atoms with E-state index in [0.717, 1.165) is 25.2 Å². The molecule has 0 atom stereocenters. The first kappa shape index (κ1) is 12.4. The number of halogens is 2. The topological polar surface area (TPSA) is 29.9 Å². The number of hydrogen-bond acceptors (Lipinski definition) is 2. The summed E-state index contributed by atoms with van der Waals surface area (Å²) >= 11 is 11.8. The standard InChI is InChI=1S/C12H13Cl2N3/c13-11-3-2-10(8-12(11)14)9-15-5-7-17-6-1-4-16-17/h1-4,6,8,15H,5,7,9H2. The lowest BCUT2D eigenvalue weighted by Crippen LogP contribution is -2.19. The Morgan fingerprint density at radius 1 is 1.24 bits per heavy atom. The lowest BCUT2D eigenvalue weighted by Gasteiger charge is -2.06. The van der Waals surface area contributed by atoms with Crippen molar-refractivity contribution in [3.8, 4) is 0 Å². The van der Waals surface area contributed by atoms with Crippen LogP contribution in [0.2, 0.25) is 10.0 Å². The molecule has 0 saturated heterocycles. The summed E-state index contributed by atoms with van der Waals surface area (Å²) in [7, 11) is 0. The van der Waals surface area contributed by atoms with E-state index in [1.165, 1.54) is 0 Å². The Morgan fingerprint density at radius 2 is 2.12 bits per heavy atom. The average molecular weight is 270 g/mol. The summed E-state index contributed by atoms with van der Waals surface area (Å²) in [6.07, 6.45) is 3.72. The maximum absolute atomic E-state index is 5.93. The minimum atomic E-state index is 0.590. The molecule has 0 aliphatic heterocycles. The van der Waals surface area contributed by atoms with Gasteiger partial charge in [0.1, 0.15) is 0 Å². The summed E-state index contributed by atoms with van der Waals surface area (Å²) in [6, 6.07) is 7.58. The SMILES string of the molecule is Clc1ccc(CNCCn2cccn2)cc1Cl. The monoisotopic (exact) mass is 269 g/mol. The normalized spacial score (nSPS) is 10.7. The highest BCUT2D eigenvalue weighted by Crippen LogP contribution is 2.22. The first-order chi connectivity index (χ1) is 8.25. The van der Waals surface area contributed by atoms with E-state index in [-0.39, 0.29) is 0 Å². The molecule has 0 radical (unpaired) electrons. The first-order valence-electron chi connectivity index (χ1n) is 5.38. The predicted octanol–water partition coefficient (Wildman–Crippen LogP) is 2.98. The molecule has 0 unspecified atom stereocenters. The minimum absolute atomic E-state index is 0.590. The van der Waals surface area contributed by atoms with Crippen LogP contribution in [-0.4, -0.2) is 16.3 Å². The van der Waals surface area contributed by atoms with E-state index >= 15 is 0 Å². The zero-order chi connectivity index (χ0) is 12.1.